The summed E-state index contributed by atoms with van der Waals surface area (Å²) in [6, 6.07) is 3.14. The third-order valence-electron chi connectivity index (χ3n) is 2.37. The van der Waals surface area contributed by atoms with Gasteiger partial charge in [-0.25, -0.2) is 8.78 Å². The highest BCUT2D eigenvalue weighted by Gasteiger charge is 2.14. The molecule has 94 valence electrons. The molecule has 0 aliphatic carbocycles. The van der Waals surface area contributed by atoms with Crippen LogP contribution in [0, 0.1) is 11.6 Å². The molecule has 0 spiro atoms. The zero-order chi connectivity index (χ0) is 13.1. The van der Waals surface area contributed by atoms with Crippen LogP contribution in [0.2, 0.25) is 0 Å². The van der Waals surface area contributed by atoms with Gasteiger partial charge in [0.25, 0.3) is 0 Å². The van der Waals surface area contributed by atoms with Crippen LogP contribution in [-0.2, 0) is 11.2 Å². The van der Waals surface area contributed by atoms with Gasteiger partial charge < -0.3 is 5.73 Å². The first-order valence-corrected chi connectivity index (χ1v) is 5.52. The number of rotatable bonds is 5. The van der Waals surface area contributed by atoms with Crippen LogP contribution in [0.4, 0.5) is 8.78 Å². The lowest BCUT2D eigenvalue weighted by atomic mass is 9.96. The molecule has 0 atom stereocenters. The Morgan fingerprint density at radius 2 is 1.76 bits per heavy atom. The number of Topliss-reactive ketones (excluding diaryl/α,β-unsaturated/α-hetero) is 1. The van der Waals surface area contributed by atoms with Gasteiger partial charge in [0.05, 0.1) is 0 Å². The molecular formula is C13H17F2NO. The summed E-state index contributed by atoms with van der Waals surface area (Å²) >= 11 is 0. The van der Waals surface area contributed by atoms with Crippen molar-refractivity contribution in [2.45, 2.75) is 38.6 Å². The minimum absolute atomic E-state index is 0.0464. The number of benzene rings is 1. The van der Waals surface area contributed by atoms with Gasteiger partial charge in [-0.05, 0) is 38.0 Å². The summed E-state index contributed by atoms with van der Waals surface area (Å²) in [5.41, 5.74) is 5.72. The Kier molecular flexibility index (Phi) is 4.34. The minimum Gasteiger partial charge on any atom is -0.326 e. The number of carbonyl (C=O) groups excluding carboxylic acids is 1. The molecule has 4 heteroatoms. The van der Waals surface area contributed by atoms with Crippen LogP contribution < -0.4 is 5.73 Å². The van der Waals surface area contributed by atoms with Crippen molar-refractivity contribution in [2.75, 3.05) is 0 Å². The van der Waals surface area contributed by atoms with Crippen molar-refractivity contribution >= 4 is 5.78 Å². The van der Waals surface area contributed by atoms with Gasteiger partial charge in [0, 0.05) is 24.4 Å². The van der Waals surface area contributed by atoms with Crippen LogP contribution in [0.3, 0.4) is 0 Å². The van der Waals surface area contributed by atoms with E-state index in [0.29, 0.717) is 18.4 Å². The first kappa shape index (κ1) is 13.8. The monoisotopic (exact) mass is 241 g/mol. The highest BCUT2D eigenvalue weighted by molar-refractivity contribution is 5.80. The van der Waals surface area contributed by atoms with E-state index in [4.69, 9.17) is 5.73 Å². The molecule has 1 aromatic rings. The fraction of sp³-hybridized carbons (Fsp3) is 0.462. The lowest BCUT2D eigenvalue weighted by Crippen LogP contribution is -2.32. The number of ketones is 1. The maximum absolute atomic E-state index is 12.9. The smallest absolute Gasteiger partial charge is 0.137 e. The van der Waals surface area contributed by atoms with Crippen molar-refractivity contribution in [1.82, 2.24) is 0 Å². The average Bonchev–Trinajstić information content (AvgIpc) is 2.11. The van der Waals surface area contributed by atoms with E-state index in [1.165, 1.54) is 12.1 Å². The minimum atomic E-state index is -0.660. The summed E-state index contributed by atoms with van der Waals surface area (Å²) in [7, 11) is 0. The summed E-state index contributed by atoms with van der Waals surface area (Å²) in [4.78, 5) is 11.6. The fourth-order valence-electron chi connectivity index (χ4n) is 1.49. The number of hydrogen-bond donors (Lipinski definition) is 1. The summed E-state index contributed by atoms with van der Waals surface area (Å²) in [6.45, 7) is 3.67. The van der Waals surface area contributed by atoms with Crippen molar-refractivity contribution in [3.63, 3.8) is 0 Å². The Balaban J connectivity index is 2.56. The molecular weight excluding hydrogens is 224 g/mol. The number of hydrogen-bond acceptors (Lipinski definition) is 2. The molecule has 17 heavy (non-hydrogen) atoms. The van der Waals surface area contributed by atoms with Gasteiger partial charge in [-0.1, -0.05) is 0 Å². The summed E-state index contributed by atoms with van der Waals surface area (Å²) < 4.78 is 25.8. The van der Waals surface area contributed by atoms with Crippen molar-refractivity contribution in [2.24, 2.45) is 5.73 Å². The standard InChI is InChI=1S/C13H17F2NO/c1-13(2,16)4-3-12(17)7-9-5-10(14)8-11(15)6-9/h5-6,8H,3-4,7,16H2,1-2H3. The number of halogens is 2. The average molecular weight is 241 g/mol. The van der Waals surface area contributed by atoms with Crippen LogP contribution in [0.5, 0.6) is 0 Å². The second-order valence-electron chi connectivity index (χ2n) is 4.98. The molecule has 0 amide bonds. The quantitative estimate of drug-likeness (QED) is 0.861. The molecule has 0 aliphatic heterocycles. The van der Waals surface area contributed by atoms with Crippen LogP contribution in [-0.4, -0.2) is 11.3 Å². The van der Waals surface area contributed by atoms with Gasteiger partial charge in [0.15, 0.2) is 0 Å². The topological polar surface area (TPSA) is 43.1 Å². The Hall–Kier alpha value is -1.29. The molecule has 0 heterocycles. The predicted octanol–water partition coefficient (Wildman–Crippen LogP) is 2.59. The van der Waals surface area contributed by atoms with Gasteiger partial charge in [-0.2, -0.15) is 0 Å². The van der Waals surface area contributed by atoms with E-state index in [-0.39, 0.29) is 12.2 Å². The zero-order valence-electron chi connectivity index (χ0n) is 10.1. The van der Waals surface area contributed by atoms with E-state index in [1.54, 1.807) is 0 Å². The molecule has 0 saturated heterocycles. The van der Waals surface area contributed by atoms with E-state index in [0.717, 1.165) is 6.07 Å². The SMILES string of the molecule is CC(C)(N)CCC(=O)Cc1cc(F)cc(F)c1. The van der Waals surface area contributed by atoms with Crippen LogP contribution in [0.1, 0.15) is 32.3 Å². The molecule has 0 fully saturated rings. The molecule has 2 N–H and O–H groups in total. The van der Waals surface area contributed by atoms with E-state index in [1.807, 2.05) is 13.8 Å². The number of nitrogens with two attached hydrogens (primary N) is 1. The number of carbonyl (C=O) groups is 1. The second-order valence-corrected chi connectivity index (χ2v) is 4.98. The predicted molar refractivity (Wildman–Crippen MR) is 62.6 cm³/mol. The molecule has 0 saturated carbocycles. The van der Waals surface area contributed by atoms with Crippen molar-refractivity contribution < 1.29 is 13.6 Å². The second kappa shape index (κ2) is 5.36. The van der Waals surface area contributed by atoms with Crippen molar-refractivity contribution in [1.29, 1.82) is 0 Å². The Morgan fingerprint density at radius 1 is 1.24 bits per heavy atom. The van der Waals surface area contributed by atoms with E-state index in [2.05, 4.69) is 0 Å². The molecule has 0 radical (unpaired) electrons. The van der Waals surface area contributed by atoms with Crippen LogP contribution in [0.15, 0.2) is 18.2 Å². The first-order chi connectivity index (χ1) is 7.76. The molecule has 0 unspecified atom stereocenters. The molecule has 1 aromatic carbocycles. The van der Waals surface area contributed by atoms with Crippen LogP contribution >= 0.6 is 0 Å². The molecule has 0 aliphatic rings. The highest BCUT2D eigenvalue weighted by Crippen LogP contribution is 2.12. The van der Waals surface area contributed by atoms with Crippen molar-refractivity contribution in [3.05, 3.63) is 35.4 Å². The van der Waals surface area contributed by atoms with Gasteiger partial charge in [0.2, 0.25) is 0 Å². The maximum Gasteiger partial charge on any atom is 0.137 e. The van der Waals surface area contributed by atoms with Crippen molar-refractivity contribution in [3.8, 4) is 0 Å². The molecule has 2 nitrogen and oxygen atoms in total. The summed E-state index contributed by atoms with van der Waals surface area (Å²) in [6.07, 6.45) is 0.927. The first-order valence-electron chi connectivity index (χ1n) is 5.52. The van der Waals surface area contributed by atoms with Gasteiger partial charge in [0.1, 0.15) is 17.4 Å². The van der Waals surface area contributed by atoms with Gasteiger partial charge in [-0.3, -0.25) is 4.79 Å². The zero-order valence-corrected chi connectivity index (χ0v) is 10.1. The maximum atomic E-state index is 12.9. The molecule has 0 aromatic heterocycles. The largest absolute Gasteiger partial charge is 0.326 e. The lowest BCUT2D eigenvalue weighted by Gasteiger charge is -2.17. The summed E-state index contributed by atoms with van der Waals surface area (Å²) in [5.74, 6) is -1.38. The highest BCUT2D eigenvalue weighted by atomic mass is 19.1. The Labute approximate surface area is 99.8 Å². The van der Waals surface area contributed by atoms with Gasteiger partial charge >= 0.3 is 0 Å². The van der Waals surface area contributed by atoms with E-state index >= 15 is 0 Å². The normalized spacial score (nSPS) is 11.6. The fourth-order valence-corrected chi connectivity index (χ4v) is 1.49. The Morgan fingerprint density at radius 3 is 2.24 bits per heavy atom. The molecule has 0 bridgehead atoms. The van der Waals surface area contributed by atoms with Crippen LogP contribution in [0.25, 0.3) is 0 Å². The third kappa shape index (κ3) is 5.54. The third-order valence-corrected chi connectivity index (χ3v) is 2.37. The lowest BCUT2D eigenvalue weighted by molar-refractivity contribution is -0.118. The van der Waals surface area contributed by atoms with E-state index < -0.39 is 17.2 Å². The molecule has 1 rings (SSSR count). The van der Waals surface area contributed by atoms with Gasteiger partial charge in [-0.15, -0.1) is 0 Å². The Bertz CT molecular complexity index is 390. The van der Waals surface area contributed by atoms with E-state index in [9.17, 15) is 13.6 Å². The summed E-state index contributed by atoms with van der Waals surface area (Å²) in [5, 5.41) is 0.